The number of anilines is 2. The van der Waals surface area contributed by atoms with Gasteiger partial charge in [-0.15, -0.1) is 0 Å². The van der Waals surface area contributed by atoms with Gasteiger partial charge < -0.3 is 10.2 Å². The Morgan fingerprint density at radius 1 is 1.26 bits per heavy atom. The van der Waals surface area contributed by atoms with E-state index in [1.807, 2.05) is 13.8 Å². The third-order valence-electron chi connectivity index (χ3n) is 3.67. The number of ketones is 1. The molecule has 0 aliphatic carbocycles. The SMILES string of the molecule is CNc1ncc(F)c(-c2ccc3c(c2)N(C(C)C)C(=O)C3=O)n1. The number of carbonyl (C=O) groups is 2. The second-order valence-electron chi connectivity index (χ2n) is 5.47. The molecule has 118 valence electrons. The molecule has 1 N–H and O–H groups in total. The van der Waals surface area contributed by atoms with Crippen LogP contribution in [0.25, 0.3) is 11.3 Å². The topological polar surface area (TPSA) is 75.2 Å². The highest BCUT2D eigenvalue weighted by Gasteiger charge is 2.37. The highest BCUT2D eigenvalue weighted by Crippen LogP contribution is 2.34. The first-order chi connectivity index (χ1) is 10.9. The molecule has 0 atom stereocenters. The van der Waals surface area contributed by atoms with Crippen molar-refractivity contribution in [2.45, 2.75) is 19.9 Å². The van der Waals surface area contributed by atoms with Gasteiger partial charge in [0.25, 0.3) is 11.7 Å². The van der Waals surface area contributed by atoms with Gasteiger partial charge in [0.05, 0.1) is 17.4 Å². The molecular weight excluding hydrogens is 299 g/mol. The highest BCUT2D eigenvalue weighted by molar-refractivity contribution is 6.52. The quantitative estimate of drug-likeness (QED) is 0.880. The van der Waals surface area contributed by atoms with Gasteiger partial charge in [0.15, 0.2) is 5.82 Å². The number of hydrogen-bond donors (Lipinski definition) is 1. The van der Waals surface area contributed by atoms with E-state index in [1.54, 1.807) is 19.2 Å². The van der Waals surface area contributed by atoms with Crippen molar-refractivity contribution in [1.29, 1.82) is 0 Å². The number of aromatic nitrogens is 2. The molecule has 0 spiro atoms. The average molecular weight is 314 g/mol. The van der Waals surface area contributed by atoms with E-state index < -0.39 is 17.5 Å². The lowest BCUT2D eigenvalue weighted by Crippen LogP contribution is -2.35. The largest absolute Gasteiger partial charge is 0.357 e. The van der Waals surface area contributed by atoms with Gasteiger partial charge in [-0.3, -0.25) is 9.59 Å². The normalized spacial score (nSPS) is 13.7. The van der Waals surface area contributed by atoms with Crippen molar-refractivity contribution < 1.29 is 14.0 Å². The van der Waals surface area contributed by atoms with Crippen molar-refractivity contribution in [3.05, 3.63) is 35.8 Å². The molecule has 2 heterocycles. The van der Waals surface area contributed by atoms with E-state index in [2.05, 4.69) is 15.3 Å². The molecule has 0 fully saturated rings. The Morgan fingerprint density at radius 2 is 2.00 bits per heavy atom. The molecule has 6 nitrogen and oxygen atoms in total. The second-order valence-corrected chi connectivity index (χ2v) is 5.47. The molecule has 2 aromatic rings. The molecule has 3 rings (SSSR count). The Balaban J connectivity index is 2.16. The molecule has 23 heavy (non-hydrogen) atoms. The lowest BCUT2D eigenvalue weighted by molar-refractivity contribution is -0.114. The lowest BCUT2D eigenvalue weighted by Gasteiger charge is -2.21. The van der Waals surface area contributed by atoms with Crippen LogP contribution in [0.1, 0.15) is 24.2 Å². The number of nitrogens with one attached hydrogen (secondary N) is 1. The minimum atomic E-state index is -0.573. The average Bonchev–Trinajstić information content (AvgIpc) is 2.79. The van der Waals surface area contributed by atoms with Gasteiger partial charge in [0, 0.05) is 18.7 Å². The number of amides is 1. The number of Topliss-reactive ketones (excluding diaryl/α,β-unsaturated/α-hetero) is 1. The summed E-state index contributed by atoms with van der Waals surface area (Å²) in [5.74, 6) is -1.39. The lowest BCUT2D eigenvalue weighted by atomic mass is 10.1. The van der Waals surface area contributed by atoms with E-state index in [4.69, 9.17) is 0 Å². The predicted octanol–water partition coefficient (Wildman–Crippen LogP) is 2.26. The number of hydrogen-bond acceptors (Lipinski definition) is 5. The van der Waals surface area contributed by atoms with Crippen LogP contribution in [0.4, 0.5) is 16.0 Å². The summed E-state index contributed by atoms with van der Waals surface area (Å²) in [5, 5.41) is 2.75. The summed E-state index contributed by atoms with van der Waals surface area (Å²) in [6.45, 7) is 3.63. The summed E-state index contributed by atoms with van der Waals surface area (Å²) >= 11 is 0. The number of carbonyl (C=O) groups excluding carboxylic acids is 2. The first-order valence-corrected chi connectivity index (χ1v) is 7.16. The smallest absolute Gasteiger partial charge is 0.299 e. The molecule has 7 heteroatoms. The standard InChI is InChI=1S/C16H15FN4O2/c1-8(2)21-12-6-9(4-5-10(12)14(22)15(21)23)13-11(17)7-19-16(18-3)20-13/h4-8H,1-3H3,(H,18,19,20). The second kappa shape index (κ2) is 5.42. The molecule has 1 aliphatic rings. The molecule has 0 bridgehead atoms. The molecule has 1 aromatic heterocycles. The van der Waals surface area contributed by atoms with Crippen molar-refractivity contribution in [3.8, 4) is 11.3 Å². The first kappa shape index (κ1) is 15.1. The number of nitrogens with zero attached hydrogens (tertiary/aromatic N) is 3. The van der Waals surface area contributed by atoms with Crippen molar-refractivity contribution >= 4 is 23.3 Å². The van der Waals surface area contributed by atoms with Gasteiger partial charge in [-0.25, -0.2) is 14.4 Å². The van der Waals surface area contributed by atoms with Gasteiger partial charge in [-0.05, 0) is 26.0 Å². The van der Waals surface area contributed by atoms with Gasteiger partial charge >= 0.3 is 0 Å². The Kier molecular flexibility index (Phi) is 3.55. The predicted molar refractivity (Wildman–Crippen MR) is 83.9 cm³/mol. The monoisotopic (exact) mass is 314 g/mol. The summed E-state index contributed by atoms with van der Waals surface area (Å²) in [7, 11) is 1.64. The van der Waals surface area contributed by atoms with Gasteiger partial charge in [0.2, 0.25) is 5.95 Å². The maximum absolute atomic E-state index is 14.1. The van der Waals surface area contributed by atoms with Crippen LogP contribution in [0, 0.1) is 5.82 Å². The Morgan fingerprint density at radius 3 is 2.65 bits per heavy atom. The van der Waals surface area contributed by atoms with Crippen molar-refractivity contribution in [2.75, 3.05) is 17.3 Å². The van der Waals surface area contributed by atoms with Gasteiger partial charge in [0.1, 0.15) is 5.69 Å². The summed E-state index contributed by atoms with van der Waals surface area (Å²) < 4.78 is 14.1. The fourth-order valence-corrected chi connectivity index (χ4v) is 2.61. The maximum Gasteiger partial charge on any atom is 0.299 e. The fourth-order valence-electron chi connectivity index (χ4n) is 2.61. The Bertz CT molecular complexity index is 820. The zero-order valence-corrected chi connectivity index (χ0v) is 12.9. The number of halogens is 1. The summed E-state index contributed by atoms with van der Waals surface area (Å²) in [4.78, 5) is 33.4. The molecule has 0 radical (unpaired) electrons. The van der Waals surface area contributed by atoms with Crippen LogP contribution < -0.4 is 10.2 Å². The van der Waals surface area contributed by atoms with Crippen molar-refractivity contribution in [3.63, 3.8) is 0 Å². The van der Waals surface area contributed by atoms with E-state index >= 15 is 0 Å². The number of benzene rings is 1. The molecule has 1 amide bonds. The van der Waals surface area contributed by atoms with E-state index in [0.717, 1.165) is 6.20 Å². The summed E-state index contributed by atoms with van der Waals surface area (Å²) in [6, 6.07) is 4.56. The minimum Gasteiger partial charge on any atom is -0.357 e. The fraction of sp³-hybridized carbons (Fsp3) is 0.250. The van der Waals surface area contributed by atoms with Crippen LogP contribution in [0.3, 0.4) is 0 Å². The molecule has 1 aromatic carbocycles. The zero-order valence-electron chi connectivity index (χ0n) is 12.9. The van der Waals surface area contributed by atoms with Crippen LogP contribution in [-0.2, 0) is 4.79 Å². The van der Waals surface area contributed by atoms with E-state index in [1.165, 1.54) is 11.0 Å². The summed E-state index contributed by atoms with van der Waals surface area (Å²) in [5.41, 5.74) is 1.41. The summed E-state index contributed by atoms with van der Waals surface area (Å²) in [6.07, 6.45) is 1.08. The third kappa shape index (κ3) is 2.34. The van der Waals surface area contributed by atoms with Crippen LogP contribution in [0.5, 0.6) is 0 Å². The van der Waals surface area contributed by atoms with Crippen LogP contribution >= 0.6 is 0 Å². The highest BCUT2D eigenvalue weighted by atomic mass is 19.1. The van der Waals surface area contributed by atoms with E-state index in [9.17, 15) is 14.0 Å². The van der Waals surface area contributed by atoms with Crippen molar-refractivity contribution in [1.82, 2.24) is 9.97 Å². The first-order valence-electron chi connectivity index (χ1n) is 7.16. The van der Waals surface area contributed by atoms with Gasteiger partial charge in [-0.1, -0.05) is 6.07 Å². The molecule has 1 aliphatic heterocycles. The molecule has 0 saturated carbocycles. The molecular formula is C16H15FN4O2. The van der Waals surface area contributed by atoms with Crippen LogP contribution in [-0.4, -0.2) is 34.7 Å². The third-order valence-corrected chi connectivity index (χ3v) is 3.67. The van der Waals surface area contributed by atoms with Crippen molar-refractivity contribution in [2.24, 2.45) is 0 Å². The zero-order chi connectivity index (χ0) is 16.7. The maximum atomic E-state index is 14.1. The Hall–Kier alpha value is -2.83. The number of fused-ring (bicyclic) bond motifs is 1. The van der Waals surface area contributed by atoms with Crippen LogP contribution in [0.15, 0.2) is 24.4 Å². The minimum absolute atomic E-state index is 0.114. The van der Waals surface area contributed by atoms with E-state index in [0.29, 0.717) is 16.8 Å². The Labute approximate surface area is 132 Å². The van der Waals surface area contributed by atoms with E-state index in [-0.39, 0.29) is 17.7 Å². The molecule has 0 unspecified atom stereocenters. The molecule has 0 saturated heterocycles. The van der Waals surface area contributed by atoms with Crippen LogP contribution in [0.2, 0.25) is 0 Å². The van der Waals surface area contributed by atoms with Gasteiger partial charge in [-0.2, -0.15) is 0 Å². The number of rotatable bonds is 3.